The van der Waals surface area contributed by atoms with Crippen molar-refractivity contribution >= 4 is 43.6 Å². The Morgan fingerprint density at radius 1 is 0.417 bits per heavy atom. The van der Waals surface area contributed by atoms with Crippen LogP contribution in [-0.4, -0.2) is 9.13 Å². The molecule has 0 unspecified atom stereocenters. The van der Waals surface area contributed by atoms with Crippen molar-refractivity contribution in [3.8, 4) is 45.8 Å². The first-order valence-corrected chi connectivity index (χ1v) is 15.9. The molecule has 0 saturated carbocycles. The van der Waals surface area contributed by atoms with Crippen LogP contribution >= 0.6 is 0 Å². The molecule has 0 aliphatic carbocycles. The summed E-state index contributed by atoms with van der Waals surface area (Å²) in [6.07, 6.45) is 0. The van der Waals surface area contributed by atoms with Gasteiger partial charge < -0.3 is 9.13 Å². The lowest BCUT2D eigenvalue weighted by molar-refractivity contribution is 1.17. The van der Waals surface area contributed by atoms with E-state index in [1.807, 2.05) is 42.5 Å². The molecule has 0 aliphatic rings. The summed E-state index contributed by atoms with van der Waals surface area (Å²) in [6.45, 7) is 0. The highest BCUT2D eigenvalue weighted by molar-refractivity contribution is 6.12. The topological polar surface area (TPSA) is 57.4 Å². The Morgan fingerprint density at radius 2 is 0.938 bits per heavy atom. The molecule has 4 heteroatoms. The molecule has 0 saturated heterocycles. The summed E-state index contributed by atoms with van der Waals surface area (Å²) in [4.78, 5) is 0. The Bertz CT molecular complexity index is 2760. The number of aromatic nitrogens is 2. The number of nitrogens with zero attached hydrogens (tertiary/aromatic N) is 4. The molecule has 0 radical (unpaired) electrons. The van der Waals surface area contributed by atoms with E-state index in [1.165, 1.54) is 10.8 Å². The van der Waals surface area contributed by atoms with Gasteiger partial charge >= 0.3 is 0 Å². The predicted molar refractivity (Wildman–Crippen MR) is 195 cm³/mol. The predicted octanol–water partition coefficient (Wildman–Crippen LogP) is 11.0. The third kappa shape index (κ3) is 4.01. The zero-order valence-corrected chi connectivity index (χ0v) is 25.8. The fourth-order valence-corrected chi connectivity index (χ4v) is 7.43. The maximum absolute atomic E-state index is 10.5. The van der Waals surface area contributed by atoms with E-state index in [4.69, 9.17) is 0 Å². The van der Waals surface area contributed by atoms with Gasteiger partial charge in [-0.1, -0.05) is 109 Å². The van der Waals surface area contributed by atoms with E-state index in [2.05, 4.69) is 137 Å². The Hall–Kier alpha value is -6.88. The van der Waals surface area contributed by atoms with Crippen molar-refractivity contribution in [2.45, 2.75) is 0 Å². The number of rotatable bonds is 4. The molecule has 4 nitrogen and oxygen atoms in total. The van der Waals surface area contributed by atoms with Crippen molar-refractivity contribution in [3.05, 3.63) is 169 Å². The maximum Gasteiger partial charge on any atom is 0.101 e. The second-order valence-electron chi connectivity index (χ2n) is 11.9. The first-order chi connectivity index (χ1) is 23.8. The molecular formula is C44H26N4. The minimum absolute atomic E-state index is 0.568. The molecule has 0 spiro atoms. The molecule has 0 fully saturated rings. The highest BCUT2D eigenvalue weighted by atomic mass is 15.0. The van der Waals surface area contributed by atoms with Gasteiger partial charge in [0.25, 0.3) is 0 Å². The molecular weight excluding hydrogens is 585 g/mol. The van der Waals surface area contributed by atoms with Gasteiger partial charge in [0, 0.05) is 32.8 Å². The Balaban J connectivity index is 1.32. The van der Waals surface area contributed by atoms with Crippen LogP contribution in [0.5, 0.6) is 0 Å². The zero-order chi connectivity index (χ0) is 32.2. The average molecular weight is 611 g/mol. The molecule has 0 atom stereocenters. The molecule has 9 aromatic rings. The van der Waals surface area contributed by atoms with Crippen molar-refractivity contribution in [2.24, 2.45) is 0 Å². The highest BCUT2D eigenvalue weighted by Crippen LogP contribution is 2.42. The van der Waals surface area contributed by atoms with E-state index < -0.39 is 0 Å². The highest BCUT2D eigenvalue weighted by Gasteiger charge is 2.22. The molecule has 222 valence electrons. The van der Waals surface area contributed by atoms with E-state index in [0.717, 1.165) is 66.5 Å². The van der Waals surface area contributed by atoms with Crippen molar-refractivity contribution in [1.29, 1.82) is 10.5 Å². The van der Waals surface area contributed by atoms with Gasteiger partial charge in [0.05, 0.1) is 45.0 Å². The standard InChI is InChI=1S/C44H26N4/c45-27-30-13-11-25-42(48-41-24-8-5-19-36(41)38-21-10-14-31(28-46)44(38)48)43(30)37-20-2-1-16-33(37)29-12-9-15-32(26-29)47-39-22-6-3-17-34(39)35-18-4-7-23-40(35)47/h1-26H. The molecule has 48 heavy (non-hydrogen) atoms. The largest absolute Gasteiger partial charge is 0.309 e. The van der Waals surface area contributed by atoms with Crippen molar-refractivity contribution < 1.29 is 0 Å². The zero-order valence-electron chi connectivity index (χ0n) is 25.8. The fourth-order valence-electron chi connectivity index (χ4n) is 7.43. The van der Waals surface area contributed by atoms with E-state index in [1.54, 1.807) is 0 Å². The number of fused-ring (bicyclic) bond motifs is 6. The van der Waals surface area contributed by atoms with Gasteiger partial charge in [0.15, 0.2) is 0 Å². The lowest BCUT2D eigenvalue weighted by Gasteiger charge is -2.19. The molecule has 2 heterocycles. The molecule has 0 N–H and O–H groups in total. The SMILES string of the molecule is N#Cc1cccc(-n2c3ccccc3c3cccc(C#N)c32)c1-c1ccccc1-c1cccc(-n2c3ccccc3c3ccccc32)c1. The Morgan fingerprint density at radius 3 is 1.62 bits per heavy atom. The number of nitriles is 2. The first kappa shape index (κ1) is 27.4. The number of hydrogen-bond donors (Lipinski definition) is 0. The normalized spacial score (nSPS) is 11.3. The second-order valence-corrected chi connectivity index (χ2v) is 11.9. The lowest BCUT2D eigenvalue weighted by atomic mass is 9.90. The maximum atomic E-state index is 10.5. The van der Waals surface area contributed by atoms with Gasteiger partial charge in [-0.25, -0.2) is 0 Å². The summed E-state index contributed by atoms with van der Waals surface area (Å²) in [6, 6.07) is 58.9. The fraction of sp³-hybridized carbons (Fsp3) is 0. The van der Waals surface area contributed by atoms with E-state index in [0.29, 0.717) is 11.1 Å². The second kappa shape index (κ2) is 10.9. The third-order valence-corrected chi connectivity index (χ3v) is 9.41. The monoisotopic (exact) mass is 610 g/mol. The lowest BCUT2D eigenvalue weighted by Crippen LogP contribution is -2.01. The van der Waals surface area contributed by atoms with Crippen LogP contribution in [0.4, 0.5) is 0 Å². The smallest absolute Gasteiger partial charge is 0.101 e. The summed E-state index contributed by atoms with van der Waals surface area (Å²) in [7, 11) is 0. The van der Waals surface area contributed by atoms with Gasteiger partial charge in [-0.3, -0.25) is 0 Å². The average Bonchev–Trinajstić information content (AvgIpc) is 3.68. The number of benzene rings is 7. The molecule has 0 bridgehead atoms. The Kier molecular flexibility index (Phi) is 6.22. The quantitative estimate of drug-likeness (QED) is 0.199. The summed E-state index contributed by atoms with van der Waals surface area (Å²) in [5, 5.41) is 25.3. The van der Waals surface area contributed by atoms with Crippen LogP contribution in [0.2, 0.25) is 0 Å². The number of hydrogen-bond acceptors (Lipinski definition) is 2. The van der Waals surface area contributed by atoms with Crippen LogP contribution in [0.3, 0.4) is 0 Å². The van der Waals surface area contributed by atoms with Gasteiger partial charge in [-0.05, 0) is 65.2 Å². The van der Waals surface area contributed by atoms with Crippen molar-refractivity contribution in [1.82, 2.24) is 9.13 Å². The summed E-state index contributed by atoms with van der Waals surface area (Å²) >= 11 is 0. The van der Waals surface area contributed by atoms with Crippen LogP contribution < -0.4 is 0 Å². The molecule has 2 aromatic heterocycles. The third-order valence-electron chi connectivity index (χ3n) is 9.41. The van der Waals surface area contributed by atoms with E-state index in [9.17, 15) is 10.5 Å². The summed E-state index contributed by atoms with van der Waals surface area (Å²) < 4.78 is 4.48. The summed E-state index contributed by atoms with van der Waals surface area (Å²) in [5.74, 6) is 0. The number of para-hydroxylation sites is 4. The molecule has 7 aromatic carbocycles. The van der Waals surface area contributed by atoms with Crippen LogP contribution in [0, 0.1) is 22.7 Å². The van der Waals surface area contributed by atoms with Crippen LogP contribution in [0.1, 0.15) is 11.1 Å². The first-order valence-electron chi connectivity index (χ1n) is 15.9. The van der Waals surface area contributed by atoms with Crippen LogP contribution in [0.25, 0.3) is 77.2 Å². The van der Waals surface area contributed by atoms with Crippen molar-refractivity contribution in [3.63, 3.8) is 0 Å². The van der Waals surface area contributed by atoms with Gasteiger partial charge in [-0.15, -0.1) is 0 Å². The molecule has 9 rings (SSSR count). The van der Waals surface area contributed by atoms with Crippen LogP contribution in [0.15, 0.2) is 158 Å². The Labute approximate surface area is 277 Å². The molecule has 0 amide bonds. The van der Waals surface area contributed by atoms with Gasteiger partial charge in [-0.2, -0.15) is 10.5 Å². The summed E-state index contributed by atoms with van der Waals surface area (Å²) in [5.41, 5.74) is 11.0. The van der Waals surface area contributed by atoms with E-state index >= 15 is 0 Å². The molecule has 0 aliphatic heterocycles. The van der Waals surface area contributed by atoms with Gasteiger partial charge in [0.2, 0.25) is 0 Å². The van der Waals surface area contributed by atoms with Crippen molar-refractivity contribution in [2.75, 3.05) is 0 Å². The van der Waals surface area contributed by atoms with Crippen LogP contribution in [-0.2, 0) is 0 Å². The minimum Gasteiger partial charge on any atom is -0.309 e. The minimum atomic E-state index is 0.568. The van der Waals surface area contributed by atoms with E-state index in [-0.39, 0.29) is 0 Å². The van der Waals surface area contributed by atoms with Gasteiger partial charge in [0.1, 0.15) is 6.07 Å².